The van der Waals surface area contributed by atoms with E-state index in [1.54, 1.807) is 0 Å². The number of fused-ring (bicyclic) bond motifs is 3. The van der Waals surface area contributed by atoms with Crippen LogP contribution in [-0.2, 0) is 0 Å². The number of hydrogen-bond acceptors (Lipinski definition) is 4. The summed E-state index contributed by atoms with van der Waals surface area (Å²) >= 11 is 7.77. The number of benzene rings is 1. The van der Waals surface area contributed by atoms with E-state index in [2.05, 4.69) is 10.2 Å². The summed E-state index contributed by atoms with van der Waals surface area (Å²) < 4.78 is 6.67. The number of carbonyl (C=O) groups is 1. The highest BCUT2D eigenvalue weighted by Gasteiger charge is 2.60. The van der Waals surface area contributed by atoms with Gasteiger partial charge in [-0.2, -0.15) is 0 Å². The van der Waals surface area contributed by atoms with Crippen LogP contribution >= 0.6 is 22.9 Å². The lowest BCUT2D eigenvalue weighted by atomic mass is 9.77. The Morgan fingerprint density at radius 2 is 2.15 bits per heavy atom. The van der Waals surface area contributed by atoms with Crippen LogP contribution in [0.5, 0.6) is 5.75 Å². The molecule has 1 amide bonds. The van der Waals surface area contributed by atoms with Crippen LogP contribution in [0.2, 0.25) is 5.02 Å². The first-order chi connectivity index (χ1) is 12.6. The summed E-state index contributed by atoms with van der Waals surface area (Å²) in [6.07, 6.45) is 4.88. The Morgan fingerprint density at radius 3 is 2.85 bits per heavy atom. The molecular weight excluding hydrogens is 368 g/mol. The second kappa shape index (κ2) is 6.11. The predicted octanol–water partition coefficient (Wildman–Crippen LogP) is 4.31. The van der Waals surface area contributed by atoms with Crippen LogP contribution in [0, 0.1) is 5.92 Å². The molecule has 26 heavy (non-hydrogen) atoms. The summed E-state index contributed by atoms with van der Waals surface area (Å²) in [5, 5.41) is 5.02. The minimum Gasteiger partial charge on any atom is -0.491 e. The maximum absolute atomic E-state index is 13.0. The number of hydrogen-bond donors (Lipinski definition) is 1. The van der Waals surface area contributed by atoms with Crippen LogP contribution in [0.4, 0.5) is 0 Å². The molecule has 1 aliphatic carbocycles. The van der Waals surface area contributed by atoms with Crippen molar-refractivity contribution in [2.75, 3.05) is 19.7 Å². The van der Waals surface area contributed by atoms with Crippen LogP contribution < -0.4 is 10.1 Å². The largest absolute Gasteiger partial charge is 0.491 e. The molecule has 6 heteroatoms. The van der Waals surface area contributed by atoms with Crippen LogP contribution in [0.3, 0.4) is 0 Å². The monoisotopic (exact) mass is 390 g/mol. The Balaban J connectivity index is 1.43. The summed E-state index contributed by atoms with van der Waals surface area (Å²) in [7, 11) is 0. The highest BCUT2D eigenvalue weighted by atomic mass is 35.5. The summed E-state index contributed by atoms with van der Waals surface area (Å²) in [5.74, 6) is 1.38. The molecule has 4 heterocycles. The summed E-state index contributed by atoms with van der Waals surface area (Å²) in [5.41, 5.74) is 0.257. The van der Waals surface area contributed by atoms with E-state index in [1.807, 2.05) is 25.1 Å². The third kappa shape index (κ3) is 2.48. The van der Waals surface area contributed by atoms with Crippen LogP contribution in [0.25, 0.3) is 10.1 Å². The van der Waals surface area contributed by atoms with Crippen molar-refractivity contribution in [2.24, 2.45) is 5.92 Å². The average Bonchev–Trinajstić information content (AvgIpc) is 3.30. The zero-order valence-corrected chi connectivity index (χ0v) is 16.5. The second-order valence-electron chi connectivity index (χ2n) is 7.72. The smallest absolute Gasteiger partial charge is 0.261 e. The molecule has 1 saturated carbocycles. The Kier molecular flexibility index (Phi) is 3.96. The Bertz CT molecular complexity index is 868. The third-order valence-electron chi connectivity index (χ3n) is 6.37. The number of piperidine rings is 3. The van der Waals surface area contributed by atoms with Crippen molar-refractivity contribution < 1.29 is 9.53 Å². The zero-order valence-electron chi connectivity index (χ0n) is 14.9. The van der Waals surface area contributed by atoms with Gasteiger partial charge in [0.1, 0.15) is 0 Å². The first kappa shape index (κ1) is 16.8. The molecule has 6 rings (SSSR count). The lowest BCUT2D eigenvalue weighted by molar-refractivity contribution is -0.00138. The molecule has 4 fully saturated rings. The second-order valence-corrected chi connectivity index (χ2v) is 9.18. The van der Waals surface area contributed by atoms with Crippen LogP contribution in [-0.4, -0.2) is 42.1 Å². The quantitative estimate of drug-likeness (QED) is 0.845. The maximum atomic E-state index is 13.0. The van der Waals surface area contributed by atoms with E-state index >= 15 is 0 Å². The van der Waals surface area contributed by atoms with Gasteiger partial charge in [-0.05, 0) is 69.1 Å². The van der Waals surface area contributed by atoms with Crippen LogP contribution in [0.1, 0.15) is 42.3 Å². The van der Waals surface area contributed by atoms with Gasteiger partial charge in [-0.15, -0.1) is 11.3 Å². The molecule has 4 nitrogen and oxygen atoms in total. The van der Waals surface area contributed by atoms with Gasteiger partial charge in [0.15, 0.2) is 5.75 Å². The van der Waals surface area contributed by atoms with Gasteiger partial charge in [-0.25, -0.2) is 0 Å². The first-order valence-corrected chi connectivity index (χ1v) is 10.7. The lowest BCUT2D eigenvalue weighted by Crippen LogP contribution is -2.65. The van der Waals surface area contributed by atoms with Gasteiger partial charge in [0.05, 0.1) is 27.2 Å². The molecule has 0 unspecified atom stereocenters. The fraction of sp³-hybridized carbons (Fsp3) is 0.550. The predicted molar refractivity (Wildman–Crippen MR) is 106 cm³/mol. The van der Waals surface area contributed by atoms with Crippen molar-refractivity contribution in [2.45, 2.75) is 44.2 Å². The van der Waals surface area contributed by atoms with Gasteiger partial charge >= 0.3 is 0 Å². The minimum atomic E-state index is 0.0507. The SMILES string of the molecule is CCOc1c(Cl)ccc2cc(C(=O)N[C@H]3C4CCN(CC4)C34CC4)sc12. The Labute approximate surface area is 162 Å². The number of halogens is 1. The topological polar surface area (TPSA) is 41.6 Å². The molecule has 138 valence electrons. The van der Waals surface area contributed by atoms with Gasteiger partial charge in [-0.3, -0.25) is 9.69 Å². The number of rotatable bonds is 4. The third-order valence-corrected chi connectivity index (χ3v) is 7.82. The van der Waals surface area contributed by atoms with E-state index in [0.29, 0.717) is 29.3 Å². The van der Waals surface area contributed by atoms with Crippen molar-refractivity contribution in [3.05, 3.63) is 28.1 Å². The van der Waals surface area contributed by atoms with Gasteiger partial charge in [0, 0.05) is 5.54 Å². The number of nitrogens with one attached hydrogen (secondary N) is 1. The molecule has 1 aromatic carbocycles. The normalized spacial score (nSPS) is 28.5. The van der Waals surface area contributed by atoms with Crippen molar-refractivity contribution in [3.63, 3.8) is 0 Å². The molecule has 3 aliphatic heterocycles. The first-order valence-electron chi connectivity index (χ1n) is 9.53. The standard InChI is InChI=1S/C20H23ClN2O2S/c1-2-25-16-14(21)4-3-13-11-15(26-17(13)16)19(24)22-18-12-5-9-23(10-6-12)20(18)7-8-20/h3-4,11-12,18H,2,5-10H2,1H3,(H,22,24)/t18-/m0/s1. The van der Waals surface area contributed by atoms with Gasteiger partial charge in [0.2, 0.25) is 0 Å². The fourth-order valence-electron chi connectivity index (χ4n) is 4.98. The summed E-state index contributed by atoms with van der Waals surface area (Å²) in [6, 6.07) is 6.08. The van der Waals surface area contributed by atoms with E-state index in [0.717, 1.165) is 15.0 Å². The molecule has 4 aliphatic rings. The van der Waals surface area contributed by atoms with Crippen molar-refractivity contribution in [3.8, 4) is 5.75 Å². The molecule has 2 aromatic rings. The highest BCUT2D eigenvalue weighted by Crippen LogP contribution is 2.53. The van der Waals surface area contributed by atoms with Gasteiger partial charge in [-0.1, -0.05) is 17.7 Å². The molecule has 2 bridgehead atoms. The number of nitrogens with zero attached hydrogens (tertiary/aromatic N) is 1. The zero-order chi connectivity index (χ0) is 17.9. The highest BCUT2D eigenvalue weighted by molar-refractivity contribution is 7.21. The average molecular weight is 391 g/mol. The molecule has 1 N–H and O–H groups in total. The summed E-state index contributed by atoms with van der Waals surface area (Å²) in [6.45, 7) is 4.91. The van der Waals surface area contributed by atoms with E-state index in [-0.39, 0.29) is 11.4 Å². The molecule has 1 atom stereocenters. The number of ether oxygens (including phenoxy) is 1. The van der Waals surface area contributed by atoms with Crippen molar-refractivity contribution >= 4 is 38.9 Å². The van der Waals surface area contributed by atoms with Crippen LogP contribution in [0.15, 0.2) is 18.2 Å². The molecular formula is C20H23ClN2O2S. The van der Waals surface area contributed by atoms with E-state index in [9.17, 15) is 4.79 Å². The molecule has 1 aromatic heterocycles. The van der Waals surface area contributed by atoms with E-state index < -0.39 is 0 Å². The van der Waals surface area contributed by atoms with Gasteiger partial charge < -0.3 is 10.1 Å². The molecule has 0 radical (unpaired) electrons. The Hall–Kier alpha value is -1.30. The maximum Gasteiger partial charge on any atom is 0.261 e. The molecule has 3 saturated heterocycles. The lowest BCUT2D eigenvalue weighted by Gasteiger charge is -2.52. The fourth-order valence-corrected chi connectivity index (χ4v) is 6.31. The van der Waals surface area contributed by atoms with E-state index in [4.69, 9.17) is 16.3 Å². The minimum absolute atomic E-state index is 0.0507. The van der Waals surface area contributed by atoms with Crippen molar-refractivity contribution in [1.29, 1.82) is 0 Å². The molecule has 1 spiro atoms. The number of amides is 1. The van der Waals surface area contributed by atoms with E-state index in [1.165, 1.54) is 50.1 Å². The number of carbonyl (C=O) groups excluding carboxylic acids is 1. The Morgan fingerprint density at radius 1 is 1.38 bits per heavy atom. The summed E-state index contributed by atoms with van der Waals surface area (Å²) in [4.78, 5) is 16.4. The number of thiophene rings is 1. The van der Waals surface area contributed by atoms with Crippen molar-refractivity contribution in [1.82, 2.24) is 10.2 Å². The van der Waals surface area contributed by atoms with Gasteiger partial charge in [0.25, 0.3) is 5.91 Å².